The number of aryl methyl sites for hydroxylation is 1. The normalized spacial score (nSPS) is 21.1. The van der Waals surface area contributed by atoms with Crippen LogP contribution in [0.4, 0.5) is 0 Å². The van der Waals surface area contributed by atoms with Crippen LogP contribution in [0.2, 0.25) is 0 Å². The van der Waals surface area contributed by atoms with Gasteiger partial charge in [0.15, 0.2) is 0 Å². The van der Waals surface area contributed by atoms with E-state index in [0.29, 0.717) is 6.04 Å². The highest BCUT2D eigenvalue weighted by Crippen LogP contribution is 2.25. The van der Waals surface area contributed by atoms with Crippen molar-refractivity contribution in [1.29, 1.82) is 0 Å². The molecule has 1 atom stereocenters. The quantitative estimate of drug-likeness (QED) is 0.639. The summed E-state index contributed by atoms with van der Waals surface area (Å²) in [7, 11) is 1.72. The SMILES string of the molecule is COc1ccc(CN2CCN(Cc3ccc(CN4CCCC4)s3)C[C@@H]2CCO)cc1C. The summed E-state index contributed by atoms with van der Waals surface area (Å²) in [6.45, 7) is 11.1. The Kier molecular flexibility index (Phi) is 8.02. The van der Waals surface area contributed by atoms with Crippen LogP contribution in [0.3, 0.4) is 0 Å². The van der Waals surface area contributed by atoms with Crippen LogP contribution in [0.15, 0.2) is 30.3 Å². The first-order valence-corrected chi connectivity index (χ1v) is 12.5. The summed E-state index contributed by atoms with van der Waals surface area (Å²) in [5.74, 6) is 0.945. The molecule has 2 fully saturated rings. The van der Waals surface area contributed by atoms with E-state index in [1.165, 1.54) is 46.8 Å². The van der Waals surface area contributed by atoms with Crippen LogP contribution in [0, 0.1) is 6.92 Å². The molecule has 1 aromatic carbocycles. The van der Waals surface area contributed by atoms with Crippen LogP contribution < -0.4 is 4.74 Å². The van der Waals surface area contributed by atoms with Gasteiger partial charge in [-0.2, -0.15) is 0 Å². The lowest BCUT2D eigenvalue weighted by atomic mass is 10.1. The first-order valence-electron chi connectivity index (χ1n) is 11.7. The topological polar surface area (TPSA) is 39.2 Å². The van der Waals surface area contributed by atoms with E-state index in [0.717, 1.165) is 51.4 Å². The Hall–Kier alpha value is -1.44. The van der Waals surface area contributed by atoms with E-state index >= 15 is 0 Å². The van der Waals surface area contributed by atoms with E-state index in [9.17, 15) is 5.11 Å². The molecule has 4 rings (SSSR count). The lowest BCUT2D eigenvalue weighted by molar-refractivity contribution is 0.0504. The number of hydrogen-bond donors (Lipinski definition) is 1. The fourth-order valence-electron chi connectivity index (χ4n) is 4.98. The molecule has 0 bridgehead atoms. The summed E-state index contributed by atoms with van der Waals surface area (Å²) in [6, 6.07) is 11.5. The fraction of sp³-hybridized carbons (Fsp3) is 0.600. The van der Waals surface area contributed by atoms with Gasteiger partial charge in [0.25, 0.3) is 0 Å². The average Bonchev–Trinajstić information content (AvgIpc) is 3.43. The Morgan fingerprint density at radius 1 is 0.968 bits per heavy atom. The number of hydrogen-bond acceptors (Lipinski definition) is 6. The van der Waals surface area contributed by atoms with Crippen LogP contribution in [0.5, 0.6) is 5.75 Å². The minimum absolute atomic E-state index is 0.246. The smallest absolute Gasteiger partial charge is 0.121 e. The Bertz CT molecular complexity index is 834. The zero-order valence-electron chi connectivity index (χ0n) is 19.1. The highest BCUT2D eigenvalue weighted by molar-refractivity contribution is 7.11. The maximum Gasteiger partial charge on any atom is 0.121 e. The zero-order chi connectivity index (χ0) is 21.6. The van der Waals surface area contributed by atoms with E-state index in [4.69, 9.17) is 4.74 Å². The molecule has 1 aromatic heterocycles. The average molecular weight is 444 g/mol. The van der Waals surface area contributed by atoms with E-state index in [-0.39, 0.29) is 6.61 Å². The molecule has 3 heterocycles. The van der Waals surface area contributed by atoms with Gasteiger partial charge in [-0.15, -0.1) is 11.3 Å². The van der Waals surface area contributed by atoms with Crippen LogP contribution in [0.1, 0.15) is 40.1 Å². The van der Waals surface area contributed by atoms with Crippen LogP contribution in [0.25, 0.3) is 0 Å². The molecular formula is C25H37N3O2S. The largest absolute Gasteiger partial charge is 0.496 e. The molecule has 1 N–H and O–H groups in total. The van der Waals surface area contributed by atoms with Crippen LogP contribution >= 0.6 is 11.3 Å². The molecule has 0 unspecified atom stereocenters. The molecule has 31 heavy (non-hydrogen) atoms. The molecule has 2 aromatic rings. The standard InChI is InChI=1S/C25H37N3O2S/c1-20-15-21(5-8-25(20)30-2)16-28-13-12-27(17-22(28)9-14-29)19-24-7-6-23(31-24)18-26-10-3-4-11-26/h5-8,15,22,29H,3-4,9-14,16-19H2,1-2H3/t22-/m0/s1. The maximum atomic E-state index is 9.67. The van der Waals surface area contributed by atoms with Crippen molar-refractivity contribution in [2.75, 3.05) is 46.4 Å². The number of aliphatic hydroxyl groups is 1. The highest BCUT2D eigenvalue weighted by atomic mass is 32.1. The third-order valence-electron chi connectivity index (χ3n) is 6.67. The Balaban J connectivity index is 1.33. The number of aliphatic hydroxyl groups excluding tert-OH is 1. The summed E-state index contributed by atoms with van der Waals surface area (Å²) < 4.78 is 5.40. The van der Waals surface area contributed by atoms with Gasteiger partial charge in [-0.25, -0.2) is 0 Å². The summed E-state index contributed by atoms with van der Waals surface area (Å²) in [4.78, 5) is 10.7. The number of nitrogens with zero attached hydrogens (tertiary/aromatic N) is 3. The molecule has 0 radical (unpaired) electrons. The second-order valence-electron chi connectivity index (χ2n) is 9.03. The second-order valence-corrected chi connectivity index (χ2v) is 10.3. The molecule has 0 spiro atoms. The molecule has 0 aliphatic carbocycles. The monoisotopic (exact) mass is 443 g/mol. The number of piperazine rings is 1. The first kappa shape index (κ1) is 22.7. The lowest BCUT2D eigenvalue weighted by Gasteiger charge is -2.41. The Labute approximate surface area is 191 Å². The summed E-state index contributed by atoms with van der Waals surface area (Å²) in [5, 5.41) is 9.67. The van der Waals surface area contributed by atoms with Crippen molar-refractivity contribution >= 4 is 11.3 Å². The van der Waals surface area contributed by atoms with Crippen molar-refractivity contribution in [3.05, 3.63) is 51.2 Å². The highest BCUT2D eigenvalue weighted by Gasteiger charge is 2.27. The maximum absolute atomic E-state index is 9.67. The Morgan fingerprint density at radius 2 is 1.71 bits per heavy atom. The number of benzene rings is 1. The van der Waals surface area contributed by atoms with Crippen LogP contribution in [-0.2, 0) is 19.6 Å². The number of ether oxygens (including phenoxy) is 1. The molecule has 0 saturated carbocycles. The van der Waals surface area contributed by atoms with Crippen molar-refractivity contribution < 1.29 is 9.84 Å². The third kappa shape index (κ3) is 6.08. The van der Waals surface area contributed by atoms with E-state index in [1.54, 1.807) is 7.11 Å². The first-order chi connectivity index (χ1) is 15.1. The van der Waals surface area contributed by atoms with Gasteiger partial charge in [-0.1, -0.05) is 12.1 Å². The summed E-state index contributed by atoms with van der Waals surface area (Å²) >= 11 is 1.98. The minimum Gasteiger partial charge on any atom is -0.496 e. The second kappa shape index (κ2) is 10.9. The minimum atomic E-state index is 0.246. The van der Waals surface area contributed by atoms with Crippen molar-refractivity contribution in [3.63, 3.8) is 0 Å². The zero-order valence-corrected chi connectivity index (χ0v) is 19.9. The predicted molar refractivity (Wildman–Crippen MR) is 128 cm³/mol. The van der Waals surface area contributed by atoms with E-state index in [2.05, 4.69) is 52.0 Å². The van der Waals surface area contributed by atoms with Gasteiger partial charge in [0.05, 0.1) is 7.11 Å². The number of likely N-dealkylation sites (tertiary alicyclic amines) is 1. The molecule has 6 heteroatoms. The van der Waals surface area contributed by atoms with Gasteiger partial charge in [-0.05, 0) is 68.6 Å². The predicted octanol–water partition coefficient (Wildman–Crippen LogP) is 3.73. The van der Waals surface area contributed by atoms with Gasteiger partial charge >= 0.3 is 0 Å². The molecule has 2 aliphatic rings. The molecule has 2 aliphatic heterocycles. The molecule has 170 valence electrons. The molecule has 0 amide bonds. The number of thiophene rings is 1. The molecule has 2 saturated heterocycles. The van der Waals surface area contributed by atoms with Gasteiger partial charge in [0, 0.05) is 61.7 Å². The third-order valence-corrected chi connectivity index (χ3v) is 7.73. The number of rotatable bonds is 9. The number of methoxy groups -OCH3 is 1. The van der Waals surface area contributed by atoms with Crippen molar-refractivity contribution in [3.8, 4) is 5.75 Å². The summed E-state index contributed by atoms with van der Waals surface area (Å²) in [5.41, 5.74) is 2.50. The Morgan fingerprint density at radius 3 is 2.39 bits per heavy atom. The van der Waals surface area contributed by atoms with E-state index in [1.807, 2.05) is 11.3 Å². The summed E-state index contributed by atoms with van der Waals surface area (Å²) in [6.07, 6.45) is 3.53. The van der Waals surface area contributed by atoms with Gasteiger partial charge < -0.3 is 9.84 Å². The fourth-order valence-corrected chi connectivity index (χ4v) is 6.08. The van der Waals surface area contributed by atoms with Crippen molar-refractivity contribution in [1.82, 2.24) is 14.7 Å². The van der Waals surface area contributed by atoms with Crippen LogP contribution in [-0.4, -0.2) is 72.3 Å². The van der Waals surface area contributed by atoms with Gasteiger partial charge in [0.2, 0.25) is 0 Å². The molecule has 5 nitrogen and oxygen atoms in total. The molecular weight excluding hydrogens is 406 g/mol. The van der Waals surface area contributed by atoms with Gasteiger partial charge in [0.1, 0.15) is 5.75 Å². The van der Waals surface area contributed by atoms with Gasteiger partial charge in [-0.3, -0.25) is 14.7 Å². The lowest BCUT2D eigenvalue weighted by Crippen LogP contribution is -2.52. The van der Waals surface area contributed by atoms with Crippen molar-refractivity contribution in [2.24, 2.45) is 0 Å². The van der Waals surface area contributed by atoms with E-state index < -0.39 is 0 Å². The van der Waals surface area contributed by atoms with Crippen molar-refractivity contribution in [2.45, 2.75) is 51.9 Å².